The largest absolute Gasteiger partial charge is 0.494 e. The van der Waals surface area contributed by atoms with Gasteiger partial charge in [0.25, 0.3) is 5.91 Å². The second-order valence-corrected chi connectivity index (χ2v) is 11.9. The third-order valence-corrected chi connectivity index (χ3v) is 8.46. The summed E-state index contributed by atoms with van der Waals surface area (Å²) in [6.07, 6.45) is 6.81. The number of hydrogen-bond acceptors (Lipinski definition) is 4. The van der Waals surface area contributed by atoms with Gasteiger partial charge in [-0.05, 0) is 67.3 Å². The lowest BCUT2D eigenvalue weighted by Gasteiger charge is -2.25. The van der Waals surface area contributed by atoms with Crippen molar-refractivity contribution in [3.8, 4) is 16.9 Å². The molecule has 0 aliphatic heterocycles. The number of unbranched alkanes of at least 4 members (excludes halogenated alkanes) is 5. The molecule has 0 saturated heterocycles. The molecule has 41 heavy (non-hydrogen) atoms. The summed E-state index contributed by atoms with van der Waals surface area (Å²) in [5, 5.41) is 2.66. The lowest BCUT2D eigenvalue weighted by atomic mass is 10.0. The van der Waals surface area contributed by atoms with Crippen LogP contribution in [0, 0.1) is 0 Å². The van der Waals surface area contributed by atoms with E-state index in [1.54, 1.807) is 19.1 Å². The van der Waals surface area contributed by atoms with Crippen LogP contribution < -0.4 is 10.1 Å². The smallest absolute Gasteiger partial charge is 0.402 e. The van der Waals surface area contributed by atoms with Crippen LogP contribution in [-0.2, 0) is 14.8 Å². The number of rotatable bonds is 16. The van der Waals surface area contributed by atoms with E-state index in [4.69, 9.17) is 9.26 Å². The number of carbonyl (C=O) groups is 1. The molecule has 0 aromatic heterocycles. The van der Waals surface area contributed by atoms with Gasteiger partial charge in [0.05, 0.1) is 12.7 Å². The zero-order chi connectivity index (χ0) is 29.9. The molecule has 3 aromatic carbocycles. The maximum atomic E-state index is 14.7. The summed E-state index contributed by atoms with van der Waals surface area (Å²) in [5.74, 6) is 0.411. The average molecular weight is 588 g/mol. The van der Waals surface area contributed by atoms with Gasteiger partial charge in [0, 0.05) is 16.8 Å². The predicted octanol–water partition coefficient (Wildman–Crippen LogP) is 9.39. The average Bonchev–Trinajstić information content (AvgIpc) is 2.97. The highest BCUT2D eigenvalue weighted by Crippen LogP contribution is 2.63. The van der Waals surface area contributed by atoms with Crippen molar-refractivity contribution in [2.24, 2.45) is 0 Å². The van der Waals surface area contributed by atoms with Crippen molar-refractivity contribution in [3.05, 3.63) is 83.9 Å². The first-order valence-electron chi connectivity index (χ1n) is 14.2. The number of ether oxygens (including phenoxy) is 1. The molecule has 2 N–H and O–H groups in total. The first-order valence-corrected chi connectivity index (χ1v) is 15.8. The van der Waals surface area contributed by atoms with Crippen LogP contribution in [0.25, 0.3) is 11.1 Å². The minimum Gasteiger partial charge on any atom is -0.494 e. The molecule has 0 aliphatic rings. The minimum absolute atomic E-state index is 0.269. The molecule has 0 radical (unpaired) electrons. The monoisotopic (exact) mass is 587 g/mol. The summed E-state index contributed by atoms with van der Waals surface area (Å²) in [4.78, 5) is 22.6. The van der Waals surface area contributed by atoms with Gasteiger partial charge in [-0.25, -0.2) is 0 Å². The number of carbonyl (C=O) groups excluding carboxylic acids is 1. The molecule has 0 spiro atoms. The fourth-order valence-corrected chi connectivity index (χ4v) is 5.38. The number of amides is 1. The van der Waals surface area contributed by atoms with Crippen LogP contribution in [0.2, 0.25) is 0 Å². The van der Waals surface area contributed by atoms with Crippen molar-refractivity contribution in [3.63, 3.8) is 0 Å². The zero-order valence-electron chi connectivity index (χ0n) is 23.9. The van der Waals surface area contributed by atoms with Gasteiger partial charge in [-0.15, -0.1) is 0 Å². The molecule has 0 fully saturated rings. The van der Waals surface area contributed by atoms with Crippen LogP contribution in [-0.4, -0.2) is 23.5 Å². The maximum Gasteiger partial charge on any atom is 0.402 e. The Hall–Kier alpha value is -3.06. The van der Waals surface area contributed by atoms with Crippen LogP contribution in [0.3, 0.4) is 0 Å². The first kappa shape index (κ1) is 32.5. The van der Waals surface area contributed by atoms with Gasteiger partial charge in [0.15, 0.2) is 0 Å². The highest BCUT2D eigenvalue weighted by atomic mass is 31.2. The van der Waals surface area contributed by atoms with Crippen molar-refractivity contribution in [1.82, 2.24) is 0 Å². The van der Waals surface area contributed by atoms with Gasteiger partial charge < -0.3 is 19.5 Å². The molecule has 0 saturated carbocycles. The minimum atomic E-state index is -5.25. The molecule has 2 unspecified atom stereocenters. The standard InChI is InChI=1S/C32H40F2NO5P/c1-4-6-7-8-9-10-23-39-30-21-15-26(16-22-30)25-11-13-27(14-12-25)31(36)35-29-19-17-28(18-20-29)32(33,34)41(37,38)40-24(3)5-2/h11-22,24H,4-10,23H2,1-3H3,(H,35,36)(H,37,38). The van der Waals surface area contributed by atoms with E-state index in [-0.39, 0.29) is 5.69 Å². The molecule has 3 aromatic rings. The second kappa shape index (κ2) is 15.2. The third-order valence-electron chi connectivity index (χ3n) is 6.84. The normalized spacial score (nSPS) is 13.8. The van der Waals surface area contributed by atoms with Crippen LogP contribution in [0.4, 0.5) is 14.5 Å². The number of hydrogen-bond donors (Lipinski definition) is 2. The van der Waals surface area contributed by atoms with Gasteiger partial charge in [0.1, 0.15) is 5.75 Å². The molecule has 6 nitrogen and oxygen atoms in total. The topological polar surface area (TPSA) is 84.9 Å². The summed E-state index contributed by atoms with van der Waals surface area (Å²) < 4.78 is 52.1. The van der Waals surface area contributed by atoms with Gasteiger partial charge in [0.2, 0.25) is 0 Å². The van der Waals surface area contributed by atoms with Gasteiger partial charge in [-0.1, -0.05) is 82.3 Å². The summed E-state index contributed by atoms with van der Waals surface area (Å²) in [6.45, 7) is 6.03. The Balaban J connectivity index is 1.54. The predicted molar refractivity (Wildman–Crippen MR) is 160 cm³/mol. The summed E-state index contributed by atoms with van der Waals surface area (Å²) in [5.41, 5.74) is -2.18. The van der Waals surface area contributed by atoms with E-state index in [0.29, 0.717) is 18.6 Å². The zero-order valence-corrected chi connectivity index (χ0v) is 24.8. The lowest BCUT2D eigenvalue weighted by Crippen LogP contribution is -2.19. The number of halogens is 2. The fraction of sp³-hybridized carbons (Fsp3) is 0.406. The van der Waals surface area contributed by atoms with Crippen molar-refractivity contribution >= 4 is 19.2 Å². The van der Waals surface area contributed by atoms with E-state index in [1.807, 2.05) is 36.4 Å². The Labute approximate surface area is 241 Å². The molecule has 0 heterocycles. The lowest BCUT2D eigenvalue weighted by molar-refractivity contribution is 0.0347. The first-order chi connectivity index (χ1) is 19.6. The molecule has 222 valence electrons. The molecule has 9 heteroatoms. The maximum absolute atomic E-state index is 14.7. The molecule has 3 rings (SSSR count). The Morgan fingerprint density at radius 1 is 0.878 bits per heavy atom. The number of benzene rings is 3. The van der Waals surface area contributed by atoms with E-state index in [9.17, 15) is 23.0 Å². The fourth-order valence-electron chi connectivity index (χ4n) is 4.14. The molecule has 2 atom stereocenters. The van der Waals surface area contributed by atoms with Crippen molar-refractivity contribution in [2.45, 2.75) is 77.5 Å². The third kappa shape index (κ3) is 9.22. The van der Waals surface area contributed by atoms with Crippen LogP contribution >= 0.6 is 7.60 Å². The van der Waals surface area contributed by atoms with Crippen LogP contribution in [0.5, 0.6) is 5.75 Å². The van der Waals surface area contributed by atoms with Crippen LogP contribution in [0.15, 0.2) is 72.8 Å². The molecule has 1 amide bonds. The quantitative estimate of drug-likeness (QED) is 0.129. The molecule has 0 bridgehead atoms. The Bertz CT molecular complexity index is 1280. The van der Waals surface area contributed by atoms with E-state index < -0.39 is 30.8 Å². The van der Waals surface area contributed by atoms with E-state index in [0.717, 1.165) is 35.4 Å². The van der Waals surface area contributed by atoms with Crippen molar-refractivity contribution < 1.29 is 32.3 Å². The molecular formula is C32H40F2NO5P. The van der Waals surface area contributed by atoms with Crippen molar-refractivity contribution in [1.29, 1.82) is 0 Å². The Morgan fingerprint density at radius 2 is 1.44 bits per heavy atom. The Morgan fingerprint density at radius 3 is 2.02 bits per heavy atom. The highest BCUT2D eigenvalue weighted by Gasteiger charge is 2.53. The molecule has 0 aliphatic carbocycles. The number of nitrogens with one attached hydrogen (secondary N) is 1. The van der Waals surface area contributed by atoms with E-state index in [2.05, 4.69) is 12.2 Å². The molecular weight excluding hydrogens is 547 g/mol. The summed E-state index contributed by atoms with van der Waals surface area (Å²) in [6, 6.07) is 19.4. The second-order valence-electron chi connectivity index (χ2n) is 10.1. The van der Waals surface area contributed by atoms with Gasteiger partial charge in [-0.2, -0.15) is 8.78 Å². The van der Waals surface area contributed by atoms with E-state index in [1.165, 1.54) is 51.2 Å². The van der Waals surface area contributed by atoms with Gasteiger partial charge in [-0.3, -0.25) is 9.36 Å². The summed E-state index contributed by atoms with van der Waals surface area (Å²) >= 11 is 0. The highest BCUT2D eigenvalue weighted by molar-refractivity contribution is 7.53. The Kier molecular flexibility index (Phi) is 12.1. The van der Waals surface area contributed by atoms with E-state index >= 15 is 0 Å². The van der Waals surface area contributed by atoms with Crippen molar-refractivity contribution in [2.75, 3.05) is 11.9 Å². The SMILES string of the molecule is CCCCCCCCOc1ccc(-c2ccc(C(=O)Nc3ccc(C(F)(F)P(=O)(O)OC(C)CC)cc3)cc2)cc1. The van der Waals surface area contributed by atoms with Crippen LogP contribution in [0.1, 0.15) is 81.6 Å². The summed E-state index contributed by atoms with van der Waals surface area (Å²) in [7, 11) is -5.25. The van der Waals surface area contributed by atoms with Gasteiger partial charge >= 0.3 is 13.3 Å². The number of anilines is 1. The number of alkyl halides is 2.